The Morgan fingerprint density at radius 2 is 2.10 bits per heavy atom. The molecular formula is C15H11NO4S. The molecule has 0 atom stereocenters. The Morgan fingerprint density at radius 3 is 2.71 bits per heavy atom. The van der Waals surface area contributed by atoms with Crippen molar-refractivity contribution >= 4 is 17.3 Å². The van der Waals surface area contributed by atoms with Crippen LogP contribution in [0.1, 0.15) is 10.5 Å². The molecule has 6 heteroatoms. The average Bonchev–Trinajstić information content (AvgIpc) is 3.14. The van der Waals surface area contributed by atoms with E-state index in [0.717, 1.165) is 5.56 Å². The molecule has 1 N–H and O–H groups in total. The average molecular weight is 301 g/mol. The highest BCUT2D eigenvalue weighted by atomic mass is 32.1. The molecule has 0 saturated heterocycles. The number of aromatic nitrogens is 1. The summed E-state index contributed by atoms with van der Waals surface area (Å²) >= 11 is 1.35. The topological polar surface area (TPSA) is 72.6 Å². The summed E-state index contributed by atoms with van der Waals surface area (Å²) in [6.07, 6.45) is 0. The van der Waals surface area contributed by atoms with Gasteiger partial charge in [0.1, 0.15) is 5.75 Å². The van der Waals surface area contributed by atoms with Gasteiger partial charge in [0.2, 0.25) is 5.89 Å². The summed E-state index contributed by atoms with van der Waals surface area (Å²) < 4.78 is 10.8. The Hall–Kier alpha value is -2.60. The number of aromatic carboxylic acids is 1. The smallest absolute Gasteiger partial charge is 0.358 e. The van der Waals surface area contributed by atoms with Crippen LogP contribution in [0, 0.1) is 0 Å². The van der Waals surface area contributed by atoms with E-state index in [1.54, 1.807) is 18.6 Å². The van der Waals surface area contributed by atoms with Crippen molar-refractivity contribution in [3.63, 3.8) is 0 Å². The molecule has 0 unspecified atom stereocenters. The van der Waals surface area contributed by atoms with Crippen LogP contribution in [-0.4, -0.2) is 23.2 Å². The molecule has 106 valence electrons. The van der Waals surface area contributed by atoms with Crippen LogP contribution in [-0.2, 0) is 0 Å². The molecule has 2 heterocycles. The number of carboxylic acid groups (broad SMARTS) is 1. The van der Waals surface area contributed by atoms with E-state index in [1.807, 2.05) is 30.3 Å². The molecule has 0 saturated carbocycles. The van der Waals surface area contributed by atoms with Gasteiger partial charge in [0.15, 0.2) is 11.5 Å². The maximum absolute atomic E-state index is 11.4. The minimum Gasteiger partial charge on any atom is -0.496 e. The van der Waals surface area contributed by atoms with Crippen LogP contribution in [0.3, 0.4) is 0 Å². The van der Waals surface area contributed by atoms with E-state index in [9.17, 15) is 9.90 Å². The summed E-state index contributed by atoms with van der Waals surface area (Å²) in [5, 5.41) is 11.1. The van der Waals surface area contributed by atoms with Gasteiger partial charge in [-0.25, -0.2) is 9.78 Å². The monoisotopic (exact) mass is 301 g/mol. The lowest BCUT2D eigenvalue weighted by Crippen LogP contribution is -1.98. The largest absolute Gasteiger partial charge is 0.496 e. The second kappa shape index (κ2) is 5.41. The third-order valence-corrected chi connectivity index (χ3v) is 3.79. The van der Waals surface area contributed by atoms with Gasteiger partial charge >= 0.3 is 5.97 Å². The van der Waals surface area contributed by atoms with E-state index in [4.69, 9.17) is 9.15 Å². The Labute approximate surface area is 124 Å². The number of ether oxygens (including phenoxy) is 1. The zero-order valence-electron chi connectivity index (χ0n) is 11.1. The summed E-state index contributed by atoms with van der Waals surface area (Å²) in [7, 11) is 1.56. The Morgan fingerprint density at radius 1 is 1.33 bits per heavy atom. The van der Waals surface area contributed by atoms with Crippen LogP contribution in [0.25, 0.3) is 22.1 Å². The lowest BCUT2D eigenvalue weighted by Gasteiger charge is -1.94. The van der Waals surface area contributed by atoms with Gasteiger partial charge in [0, 0.05) is 17.0 Å². The SMILES string of the molecule is COc1csc(-c2oc(-c3ccccc3)nc2C(=O)O)c1. The number of hydrogen-bond acceptors (Lipinski definition) is 5. The van der Waals surface area contributed by atoms with Crippen molar-refractivity contribution in [3.05, 3.63) is 47.5 Å². The second-order valence-electron chi connectivity index (χ2n) is 4.22. The van der Waals surface area contributed by atoms with Gasteiger partial charge in [-0.05, 0) is 12.1 Å². The fourth-order valence-electron chi connectivity index (χ4n) is 1.88. The molecule has 0 fully saturated rings. The van der Waals surface area contributed by atoms with Crippen molar-refractivity contribution < 1.29 is 19.1 Å². The first-order chi connectivity index (χ1) is 10.2. The van der Waals surface area contributed by atoms with E-state index in [2.05, 4.69) is 4.98 Å². The van der Waals surface area contributed by atoms with E-state index in [1.165, 1.54) is 11.3 Å². The number of carboxylic acids is 1. The van der Waals surface area contributed by atoms with Crippen LogP contribution in [0.5, 0.6) is 5.75 Å². The van der Waals surface area contributed by atoms with Crippen LogP contribution in [0.15, 0.2) is 46.2 Å². The van der Waals surface area contributed by atoms with Gasteiger partial charge in [0.25, 0.3) is 0 Å². The molecule has 0 aliphatic heterocycles. The first-order valence-corrected chi connectivity index (χ1v) is 6.99. The van der Waals surface area contributed by atoms with E-state index < -0.39 is 5.97 Å². The summed E-state index contributed by atoms with van der Waals surface area (Å²) in [5.74, 6) is 0.0670. The zero-order valence-corrected chi connectivity index (χ0v) is 11.9. The number of oxazole rings is 1. The molecule has 3 rings (SSSR count). The third-order valence-electron chi connectivity index (χ3n) is 2.89. The van der Waals surface area contributed by atoms with Crippen LogP contribution in [0.4, 0.5) is 0 Å². The van der Waals surface area contributed by atoms with Gasteiger partial charge in [0.05, 0.1) is 12.0 Å². The third kappa shape index (κ3) is 2.53. The predicted molar refractivity (Wildman–Crippen MR) is 78.8 cm³/mol. The molecule has 0 radical (unpaired) electrons. The van der Waals surface area contributed by atoms with Crippen molar-refractivity contribution in [2.45, 2.75) is 0 Å². The summed E-state index contributed by atoms with van der Waals surface area (Å²) in [6.45, 7) is 0. The zero-order chi connectivity index (χ0) is 14.8. The van der Waals surface area contributed by atoms with Crippen molar-refractivity contribution in [1.82, 2.24) is 4.98 Å². The van der Waals surface area contributed by atoms with Gasteiger partial charge in [-0.3, -0.25) is 0 Å². The van der Waals surface area contributed by atoms with E-state index in [0.29, 0.717) is 10.6 Å². The molecule has 5 nitrogen and oxygen atoms in total. The Bertz CT molecular complexity index is 776. The summed E-state index contributed by atoms with van der Waals surface area (Å²) in [5.41, 5.74) is 0.633. The van der Waals surface area contributed by atoms with Crippen LogP contribution >= 0.6 is 11.3 Å². The molecule has 0 aliphatic rings. The molecule has 3 aromatic rings. The second-order valence-corrected chi connectivity index (χ2v) is 5.13. The number of nitrogens with zero attached hydrogens (tertiary/aromatic N) is 1. The Balaban J connectivity index is 2.11. The molecule has 0 spiro atoms. The molecule has 0 bridgehead atoms. The maximum Gasteiger partial charge on any atom is 0.358 e. The van der Waals surface area contributed by atoms with E-state index in [-0.39, 0.29) is 17.3 Å². The normalized spacial score (nSPS) is 10.5. The molecular weight excluding hydrogens is 290 g/mol. The fraction of sp³-hybridized carbons (Fsp3) is 0.0667. The highest BCUT2D eigenvalue weighted by Gasteiger charge is 2.23. The number of rotatable bonds is 4. The lowest BCUT2D eigenvalue weighted by atomic mass is 10.2. The highest BCUT2D eigenvalue weighted by molar-refractivity contribution is 7.13. The van der Waals surface area contributed by atoms with Gasteiger partial charge < -0.3 is 14.3 Å². The first-order valence-electron chi connectivity index (χ1n) is 6.11. The number of methoxy groups -OCH3 is 1. The number of benzene rings is 1. The van der Waals surface area contributed by atoms with Gasteiger partial charge in [-0.1, -0.05) is 18.2 Å². The van der Waals surface area contributed by atoms with Crippen LogP contribution < -0.4 is 4.74 Å². The molecule has 21 heavy (non-hydrogen) atoms. The fourth-order valence-corrected chi connectivity index (χ4v) is 2.72. The summed E-state index contributed by atoms with van der Waals surface area (Å²) in [6, 6.07) is 10.9. The maximum atomic E-state index is 11.4. The molecule has 0 aliphatic carbocycles. The minimum absolute atomic E-state index is 0.0987. The van der Waals surface area contributed by atoms with Crippen LogP contribution in [0.2, 0.25) is 0 Å². The lowest BCUT2D eigenvalue weighted by molar-refractivity contribution is 0.0691. The standard InChI is InChI=1S/C15H11NO4S/c1-19-10-7-11(21-8-10)13-12(15(17)18)16-14(20-13)9-5-3-2-4-6-9/h2-8H,1H3,(H,17,18). The summed E-state index contributed by atoms with van der Waals surface area (Å²) in [4.78, 5) is 16.1. The van der Waals surface area contributed by atoms with Gasteiger partial charge in [-0.15, -0.1) is 11.3 Å². The highest BCUT2D eigenvalue weighted by Crippen LogP contribution is 2.35. The predicted octanol–water partition coefficient (Wildman–Crippen LogP) is 3.78. The number of thiophene rings is 1. The quantitative estimate of drug-likeness (QED) is 0.794. The van der Waals surface area contributed by atoms with Crippen molar-refractivity contribution in [2.75, 3.05) is 7.11 Å². The van der Waals surface area contributed by atoms with Gasteiger partial charge in [-0.2, -0.15) is 0 Å². The van der Waals surface area contributed by atoms with Crippen molar-refractivity contribution in [2.24, 2.45) is 0 Å². The molecule has 2 aromatic heterocycles. The van der Waals surface area contributed by atoms with Crippen molar-refractivity contribution in [3.8, 4) is 27.8 Å². The van der Waals surface area contributed by atoms with E-state index >= 15 is 0 Å². The first kappa shape index (κ1) is 13.4. The van der Waals surface area contributed by atoms with Crippen molar-refractivity contribution in [1.29, 1.82) is 0 Å². The Kier molecular flexibility index (Phi) is 3.45. The number of carbonyl (C=O) groups is 1. The minimum atomic E-state index is -1.12. The molecule has 1 aromatic carbocycles. The molecule has 0 amide bonds. The number of hydrogen-bond donors (Lipinski definition) is 1.